The summed E-state index contributed by atoms with van der Waals surface area (Å²) in [4.78, 5) is 12.2. The van der Waals surface area contributed by atoms with Gasteiger partial charge in [-0.25, -0.2) is 12.8 Å². The van der Waals surface area contributed by atoms with Crippen LogP contribution in [0, 0.1) is 5.82 Å². The fraction of sp³-hybridized carbons (Fsp3) is 0.278. The van der Waals surface area contributed by atoms with Gasteiger partial charge in [0.1, 0.15) is 15.7 Å². The van der Waals surface area contributed by atoms with Crippen molar-refractivity contribution in [3.63, 3.8) is 0 Å². The number of amides is 1. The molecule has 1 N–H and O–H groups in total. The van der Waals surface area contributed by atoms with E-state index in [-0.39, 0.29) is 30.3 Å². The Balaban J connectivity index is 2.03. The summed E-state index contributed by atoms with van der Waals surface area (Å²) < 4.78 is 36.8. The van der Waals surface area contributed by atoms with Gasteiger partial charge in [-0.05, 0) is 23.6 Å². The lowest BCUT2D eigenvalue weighted by molar-refractivity contribution is -0.121. The Morgan fingerprint density at radius 2 is 1.71 bits per heavy atom. The fourth-order valence-corrected chi connectivity index (χ4v) is 3.31. The normalized spacial score (nSPS) is 12.6. The fourth-order valence-electron chi connectivity index (χ4n) is 2.43. The molecule has 0 bridgehead atoms. The van der Waals surface area contributed by atoms with E-state index >= 15 is 0 Å². The number of hydrogen-bond donors (Lipinski definition) is 1. The monoisotopic (exact) mass is 349 g/mol. The lowest BCUT2D eigenvalue weighted by atomic mass is 10.1. The summed E-state index contributed by atoms with van der Waals surface area (Å²) >= 11 is 0. The first-order chi connectivity index (χ1) is 11.3. The third-order valence-electron chi connectivity index (χ3n) is 3.59. The topological polar surface area (TPSA) is 63.2 Å². The number of carbonyl (C=O) groups excluding carboxylic acids is 1. The van der Waals surface area contributed by atoms with E-state index in [1.807, 2.05) is 6.07 Å². The van der Waals surface area contributed by atoms with Crippen molar-refractivity contribution >= 4 is 15.7 Å². The highest BCUT2D eigenvalue weighted by Gasteiger charge is 2.19. The van der Waals surface area contributed by atoms with Crippen molar-refractivity contribution in [3.8, 4) is 0 Å². The number of sulfone groups is 1. The van der Waals surface area contributed by atoms with Crippen LogP contribution in [-0.2, 0) is 21.1 Å². The quantitative estimate of drug-likeness (QED) is 0.836. The molecular weight excluding hydrogens is 329 g/mol. The van der Waals surface area contributed by atoms with Gasteiger partial charge in [-0.15, -0.1) is 0 Å². The van der Waals surface area contributed by atoms with Gasteiger partial charge in [-0.3, -0.25) is 4.79 Å². The maximum Gasteiger partial charge on any atom is 0.220 e. The molecule has 0 spiro atoms. The zero-order chi connectivity index (χ0) is 17.6. The molecule has 2 rings (SSSR count). The van der Waals surface area contributed by atoms with E-state index in [2.05, 4.69) is 5.32 Å². The number of hydrogen-bond acceptors (Lipinski definition) is 3. The van der Waals surface area contributed by atoms with Crippen LogP contribution in [0.25, 0.3) is 0 Å². The summed E-state index contributed by atoms with van der Waals surface area (Å²) in [6.07, 6.45) is 1.49. The predicted molar refractivity (Wildman–Crippen MR) is 91.8 cm³/mol. The minimum Gasteiger partial charge on any atom is -0.348 e. The first kappa shape index (κ1) is 18.1. The van der Waals surface area contributed by atoms with Gasteiger partial charge < -0.3 is 5.32 Å². The van der Waals surface area contributed by atoms with E-state index in [4.69, 9.17) is 0 Å². The molecule has 2 aromatic carbocycles. The zero-order valence-corrected chi connectivity index (χ0v) is 14.2. The predicted octanol–water partition coefficient (Wildman–Crippen LogP) is 2.66. The molecule has 0 aliphatic rings. The summed E-state index contributed by atoms with van der Waals surface area (Å²) in [6.45, 7) is 0. The molecule has 1 atom stereocenters. The van der Waals surface area contributed by atoms with Gasteiger partial charge in [-0.1, -0.05) is 48.5 Å². The number of aryl methyl sites for hydroxylation is 1. The molecule has 128 valence electrons. The Bertz CT molecular complexity index is 791. The molecule has 24 heavy (non-hydrogen) atoms. The summed E-state index contributed by atoms with van der Waals surface area (Å²) in [5.41, 5.74) is 1.19. The minimum atomic E-state index is -3.27. The standard InChI is InChI=1S/C18H20FNO3S/c1-24(22,23)13-17(15-8-3-2-4-9-15)20-18(21)12-11-14-7-5-6-10-16(14)19/h2-10,17H,11-13H2,1H3,(H,20,21)/t17-/m0/s1. The summed E-state index contributed by atoms with van der Waals surface area (Å²) in [6, 6.07) is 14.6. The SMILES string of the molecule is CS(=O)(=O)C[C@H](NC(=O)CCc1ccccc1F)c1ccccc1. The van der Waals surface area contributed by atoms with Crippen LogP contribution in [0.2, 0.25) is 0 Å². The first-order valence-electron chi connectivity index (χ1n) is 7.60. The van der Waals surface area contributed by atoms with Crippen molar-refractivity contribution in [3.05, 3.63) is 71.5 Å². The largest absolute Gasteiger partial charge is 0.348 e. The Kier molecular flexibility index (Phi) is 6.09. The third kappa shape index (κ3) is 5.77. The van der Waals surface area contributed by atoms with E-state index < -0.39 is 15.9 Å². The highest BCUT2D eigenvalue weighted by molar-refractivity contribution is 7.90. The molecule has 6 heteroatoms. The molecule has 0 aliphatic carbocycles. The van der Waals surface area contributed by atoms with Gasteiger partial charge in [0.15, 0.2) is 0 Å². The van der Waals surface area contributed by atoms with Crippen molar-refractivity contribution in [2.75, 3.05) is 12.0 Å². The van der Waals surface area contributed by atoms with Crippen molar-refractivity contribution in [2.45, 2.75) is 18.9 Å². The molecule has 1 amide bonds. The van der Waals surface area contributed by atoms with Crippen LogP contribution in [0.5, 0.6) is 0 Å². The van der Waals surface area contributed by atoms with Crippen LogP contribution < -0.4 is 5.32 Å². The van der Waals surface area contributed by atoms with Crippen LogP contribution in [0.15, 0.2) is 54.6 Å². The smallest absolute Gasteiger partial charge is 0.220 e. The number of rotatable bonds is 7. The molecule has 0 radical (unpaired) electrons. The second-order valence-electron chi connectivity index (χ2n) is 5.71. The molecular formula is C18H20FNO3S. The van der Waals surface area contributed by atoms with Gasteiger partial charge in [-0.2, -0.15) is 0 Å². The Morgan fingerprint density at radius 3 is 2.33 bits per heavy atom. The van der Waals surface area contributed by atoms with Crippen LogP contribution in [0.4, 0.5) is 4.39 Å². The zero-order valence-electron chi connectivity index (χ0n) is 13.4. The van der Waals surface area contributed by atoms with E-state index in [1.165, 1.54) is 6.07 Å². The van der Waals surface area contributed by atoms with E-state index in [1.54, 1.807) is 42.5 Å². The summed E-state index contributed by atoms with van der Waals surface area (Å²) in [5, 5.41) is 2.74. The lowest BCUT2D eigenvalue weighted by Gasteiger charge is -2.18. The van der Waals surface area contributed by atoms with Crippen LogP contribution in [0.1, 0.15) is 23.6 Å². The average molecular weight is 349 g/mol. The highest BCUT2D eigenvalue weighted by atomic mass is 32.2. The molecule has 0 unspecified atom stereocenters. The Morgan fingerprint density at radius 1 is 1.08 bits per heavy atom. The van der Waals surface area contributed by atoms with Crippen molar-refractivity contribution < 1.29 is 17.6 Å². The van der Waals surface area contributed by atoms with Gasteiger partial charge in [0.2, 0.25) is 5.91 Å². The van der Waals surface area contributed by atoms with Crippen molar-refractivity contribution in [1.29, 1.82) is 0 Å². The number of nitrogens with one attached hydrogen (secondary N) is 1. The average Bonchev–Trinajstić information content (AvgIpc) is 2.53. The first-order valence-corrected chi connectivity index (χ1v) is 9.66. The summed E-state index contributed by atoms with van der Waals surface area (Å²) in [5.74, 6) is -0.834. The molecule has 0 saturated heterocycles. The van der Waals surface area contributed by atoms with E-state index in [0.29, 0.717) is 5.56 Å². The molecule has 0 aliphatic heterocycles. The maximum absolute atomic E-state index is 13.6. The van der Waals surface area contributed by atoms with E-state index in [0.717, 1.165) is 11.8 Å². The van der Waals surface area contributed by atoms with Crippen LogP contribution in [0.3, 0.4) is 0 Å². The number of halogens is 1. The van der Waals surface area contributed by atoms with Gasteiger partial charge in [0, 0.05) is 12.7 Å². The number of carbonyl (C=O) groups is 1. The second kappa shape index (κ2) is 8.06. The molecule has 0 aromatic heterocycles. The Hall–Kier alpha value is -2.21. The van der Waals surface area contributed by atoms with E-state index in [9.17, 15) is 17.6 Å². The maximum atomic E-state index is 13.6. The van der Waals surface area contributed by atoms with Crippen LogP contribution >= 0.6 is 0 Å². The minimum absolute atomic E-state index is 0.0913. The molecule has 0 saturated carbocycles. The van der Waals surface area contributed by atoms with Crippen molar-refractivity contribution in [2.24, 2.45) is 0 Å². The third-order valence-corrected chi connectivity index (χ3v) is 4.52. The molecule has 2 aromatic rings. The second-order valence-corrected chi connectivity index (χ2v) is 7.90. The van der Waals surface area contributed by atoms with Gasteiger partial charge >= 0.3 is 0 Å². The highest BCUT2D eigenvalue weighted by Crippen LogP contribution is 2.16. The molecule has 0 heterocycles. The summed E-state index contributed by atoms with van der Waals surface area (Å²) in [7, 11) is -3.27. The van der Waals surface area contributed by atoms with Gasteiger partial charge in [0.05, 0.1) is 11.8 Å². The number of benzene rings is 2. The molecule has 0 fully saturated rings. The Labute approximate surface area is 141 Å². The van der Waals surface area contributed by atoms with Crippen molar-refractivity contribution in [1.82, 2.24) is 5.32 Å². The van der Waals surface area contributed by atoms with Crippen LogP contribution in [-0.4, -0.2) is 26.3 Å². The molecule has 4 nitrogen and oxygen atoms in total. The lowest BCUT2D eigenvalue weighted by Crippen LogP contribution is -2.33. The van der Waals surface area contributed by atoms with Gasteiger partial charge in [0.25, 0.3) is 0 Å².